The highest BCUT2D eigenvalue weighted by molar-refractivity contribution is 5.63. The van der Waals surface area contributed by atoms with E-state index in [0.717, 1.165) is 60.6 Å². The van der Waals surface area contributed by atoms with Crippen molar-refractivity contribution in [1.29, 1.82) is 0 Å². The molecule has 5 N–H and O–H groups in total. The second-order valence-corrected chi connectivity index (χ2v) is 8.40. The third-order valence-electron chi connectivity index (χ3n) is 6.17. The first-order valence-corrected chi connectivity index (χ1v) is 10.7. The van der Waals surface area contributed by atoms with Gasteiger partial charge in [0.25, 0.3) is 0 Å². The first kappa shape index (κ1) is 19.7. The Kier molecular flexibility index (Phi) is 5.13. The first-order chi connectivity index (χ1) is 15.1. The van der Waals surface area contributed by atoms with E-state index in [9.17, 15) is 0 Å². The van der Waals surface area contributed by atoms with Gasteiger partial charge in [-0.25, -0.2) is 14.5 Å². The van der Waals surface area contributed by atoms with Crippen LogP contribution in [-0.2, 0) is 12.1 Å². The summed E-state index contributed by atoms with van der Waals surface area (Å²) in [5, 5.41) is 8.23. The molecule has 1 aliphatic carbocycles. The summed E-state index contributed by atoms with van der Waals surface area (Å²) in [4.78, 5) is 9.08. The van der Waals surface area contributed by atoms with Crippen molar-refractivity contribution in [3.05, 3.63) is 78.2 Å². The third-order valence-corrected chi connectivity index (χ3v) is 6.17. The molecule has 7 heteroatoms. The van der Waals surface area contributed by atoms with Crippen molar-refractivity contribution in [2.24, 2.45) is 11.5 Å². The van der Waals surface area contributed by atoms with Crippen LogP contribution in [0.1, 0.15) is 36.9 Å². The Labute approximate surface area is 181 Å². The number of hydrogen-bond acceptors (Lipinski definition) is 6. The quantitative estimate of drug-likeness (QED) is 0.462. The maximum atomic E-state index is 6.72. The van der Waals surface area contributed by atoms with Gasteiger partial charge >= 0.3 is 0 Å². The molecule has 5 rings (SSSR count). The molecule has 4 aromatic rings. The van der Waals surface area contributed by atoms with Crippen molar-refractivity contribution < 1.29 is 0 Å². The van der Waals surface area contributed by atoms with Gasteiger partial charge in [-0.1, -0.05) is 30.3 Å². The average molecular weight is 414 g/mol. The van der Waals surface area contributed by atoms with E-state index in [0.29, 0.717) is 0 Å². The Morgan fingerprint density at radius 2 is 1.77 bits per heavy atom. The summed E-state index contributed by atoms with van der Waals surface area (Å²) in [6, 6.07) is 18.5. The minimum atomic E-state index is -0.435. The summed E-state index contributed by atoms with van der Waals surface area (Å²) in [5.41, 5.74) is 17.1. The Morgan fingerprint density at radius 1 is 0.968 bits per heavy atom. The molecule has 158 valence electrons. The van der Waals surface area contributed by atoms with Gasteiger partial charge in [0.1, 0.15) is 5.82 Å². The fourth-order valence-electron chi connectivity index (χ4n) is 4.19. The highest BCUT2D eigenvalue weighted by Crippen LogP contribution is 2.33. The number of imidazole rings is 1. The van der Waals surface area contributed by atoms with Crippen LogP contribution in [0.3, 0.4) is 0 Å². The van der Waals surface area contributed by atoms with Gasteiger partial charge in [-0.05, 0) is 55.5 Å². The van der Waals surface area contributed by atoms with Gasteiger partial charge in [0.2, 0.25) is 0 Å². The van der Waals surface area contributed by atoms with Crippen LogP contribution >= 0.6 is 0 Å². The maximum absolute atomic E-state index is 6.72. The molecule has 0 bridgehead atoms. The van der Waals surface area contributed by atoms with Crippen LogP contribution in [0, 0.1) is 0 Å². The number of pyridine rings is 1. The second kappa shape index (κ2) is 8.09. The van der Waals surface area contributed by atoms with Crippen LogP contribution in [0.2, 0.25) is 0 Å². The Morgan fingerprint density at radius 3 is 2.52 bits per heavy atom. The van der Waals surface area contributed by atoms with Crippen LogP contribution < -0.4 is 16.8 Å². The molecule has 3 aromatic heterocycles. The molecule has 31 heavy (non-hydrogen) atoms. The zero-order chi connectivity index (χ0) is 21.3. The van der Waals surface area contributed by atoms with E-state index in [-0.39, 0.29) is 6.04 Å². The number of nitrogens with zero attached hydrogens (tertiary/aromatic N) is 4. The minimum Gasteiger partial charge on any atom is -0.366 e. The second-order valence-electron chi connectivity index (χ2n) is 8.40. The van der Waals surface area contributed by atoms with Gasteiger partial charge < -0.3 is 16.8 Å². The lowest BCUT2D eigenvalue weighted by molar-refractivity contribution is 0.269. The molecule has 0 radical (unpaired) electrons. The summed E-state index contributed by atoms with van der Waals surface area (Å²) in [6.45, 7) is 0.732. The predicted molar refractivity (Wildman–Crippen MR) is 122 cm³/mol. The molecule has 1 aliphatic rings. The largest absolute Gasteiger partial charge is 0.366 e. The molecule has 0 unspecified atom stereocenters. The number of aromatic nitrogens is 4. The Bertz CT molecular complexity index is 1160. The standard InChI is InChI=1S/C24H27N7/c25-19-10-12-24(26,13-11-19)21-7-9-23-29-16-20(31(23)30-21)18-6-8-22(28-15-18)27-14-17-4-2-1-3-5-17/h1-9,15-16,19H,10-14,25-26H2,(H,27,28). The number of rotatable bonds is 5. The molecule has 0 atom stereocenters. The van der Waals surface area contributed by atoms with Crippen molar-refractivity contribution in [1.82, 2.24) is 19.6 Å². The number of hydrogen-bond donors (Lipinski definition) is 3. The topological polar surface area (TPSA) is 107 Å². The van der Waals surface area contributed by atoms with Gasteiger partial charge in [-0.15, -0.1) is 0 Å². The highest BCUT2D eigenvalue weighted by Gasteiger charge is 2.34. The zero-order valence-corrected chi connectivity index (χ0v) is 17.4. The fraction of sp³-hybridized carbons (Fsp3) is 0.292. The molecular formula is C24H27N7. The minimum absolute atomic E-state index is 0.240. The lowest BCUT2D eigenvalue weighted by Crippen LogP contribution is -2.44. The molecule has 0 aliphatic heterocycles. The van der Waals surface area contributed by atoms with Gasteiger partial charge in [0.15, 0.2) is 5.65 Å². The molecule has 7 nitrogen and oxygen atoms in total. The van der Waals surface area contributed by atoms with Gasteiger partial charge in [-0.3, -0.25) is 0 Å². The van der Waals surface area contributed by atoms with Crippen molar-refractivity contribution in [3.8, 4) is 11.3 Å². The normalized spacial score (nSPS) is 21.3. The van der Waals surface area contributed by atoms with Crippen molar-refractivity contribution >= 4 is 11.5 Å². The summed E-state index contributed by atoms with van der Waals surface area (Å²) < 4.78 is 1.87. The van der Waals surface area contributed by atoms with E-state index in [2.05, 4.69) is 27.4 Å². The highest BCUT2D eigenvalue weighted by atomic mass is 15.3. The van der Waals surface area contributed by atoms with E-state index in [1.165, 1.54) is 5.56 Å². The monoisotopic (exact) mass is 413 g/mol. The summed E-state index contributed by atoms with van der Waals surface area (Å²) >= 11 is 0. The van der Waals surface area contributed by atoms with Gasteiger partial charge in [0, 0.05) is 24.3 Å². The molecular weight excluding hydrogens is 386 g/mol. The lowest BCUT2D eigenvalue weighted by atomic mass is 9.78. The number of nitrogens with one attached hydrogen (secondary N) is 1. The molecule has 0 saturated heterocycles. The SMILES string of the molecule is NC1CCC(N)(c2ccc3ncc(-c4ccc(NCc5ccccc5)nc4)n3n2)CC1. The van der Waals surface area contributed by atoms with Gasteiger partial charge in [0.05, 0.1) is 23.1 Å². The molecule has 1 aromatic carbocycles. The summed E-state index contributed by atoms with van der Waals surface area (Å²) in [5.74, 6) is 0.828. The van der Waals surface area contributed by atoms with Crippen LogP contribution in [0.25, 0.3) is 16.9 Å². The van der Waals surface area contributed by atoms with E-state index in [1.807, 2.05) is 59.4 Å². The molecule has 0 amide bonds. The van der Waals surface area contributed by atoms with Crippen LogP contribution in [0.5, 0.6) is 0 Å². The van der Waals surface area contributed by atoms with Crippen molar-refractivity contribution in [2.75, 3.05) is 5.32 Å². The number of benzene rings is 1. The number of anilines is 1. The van der Waals surface area contributed by atoms with Crippen molar-refractivity contribution in [3.63, 3.8) is 0 Å². The van der Waals surface area contributed by atoms with Crippen LogP contribution in [0.15, 0.2) is 67.0 Å². The van der Waals surface area contributed by atoms with Crippen LogP contribution in [-0.4, -0.2) is 25.6 Å². The van der Waals surface area contributed by atoms with E-state index in [4.69, 9.17) is 16.6 Å². The summed E-state index contributed by atoms with van der Waals surface area (Å²) in [6.07, 6.45) is 7.23. The fourth-order valence-corrected chi connectivity index (χ4v) is 4.19. The van der Waals surface area contributed by atoms with Crippen molar-refractivity contribution in [2.45, 2.75) is 43.8 Å². The van der Waals surface area contributed by atoms with E-state index >= 15 is 0 Å². The predicted octanol–water partition coefficient (Wildman–Crippen LogP) is 3.46. The number of fused-ring (bicyclic) bond motifs is 1. The molecule has 1 fully saturated rings. The van der Waals surface area contributed by atoms with E-state index < -0.39 is 5.54 Å². The van der Waals surface area contributed by atoms with Gasteiger partial charge in [-0.2, -0.15) is 5.10 Å². The third kappa shape index (κ3) is 4.02. The smallest absolute Gasteiger partial charge is 0.154 e. The van der Waals surface area contributed by atoms with E-state index in [1.54, 1.807) is 0 Å². The van der Waals surface area contributed by atoms with Crippen LogP contribution in [0.4, 0.5) is 5.82 Å². The molecule has 0 spiro atoms. The Balaban J connectivity index is 1.38. The lowest BCUT2D eigenvalue weighted by Gasteiger charge is -2.35. The first-order valence-electron chi connectivity index (χ1n) is 10.7. The molecule has 1 saturated carbocycles. The average Bonchev–Trinajstić information content (AvgIpc) is 3.24. The maximum Gasteiger partial charge on any atom is 0.154 e. The summed E-state index contributed by atoms with van der Waals surface area (Å²) in [7, 11) is 0. The zero-order valence-electron chi connectivity index (χ0n) is 17.4. The molecule has 3 heterocycles. The number of nitrogens with two attached hydrogens (primary N) is 2. The Hall–Kier alpha value is -3.29.